The number of benzene rings is 2. The van der Waals surface area contributed by atoms with Crippen molar-refractivity contribution in [3.63, 3.8) is 0 Å². The van der Waals surface area contributed by atoms with E-state index in [1.807, 2.05) is 19.1 Å². The molecule has 0 unspecified atom stereocenters. The van der Waals surface area contributed by atoms with Crippen molar-refractivity contribution >= 4 is 0 Å². The van der Waals surface area contributed by atoms with Gasteiger partial charge in [-0.1, -0.05) is 36.4 Å². The normalized spacial score (nSPS) is 10.4. The van der Waals surface area contributed by atoms with Gasteiger partial charge in [0.05, 0.1) is 6.61 Å². The maximum absolute atomic E-state index is 5.50. The fraction of sp³-hybridized carbons (Fsp3) is 0.294. The van der Waals surface area contributed by atoms with Gasteiger partial charge in [-0.3, -0.25) is 0 Å². The molecule has 0 saturated carbocycles. The molecule has 0 bridgehead atoms. The van der Waals surface area contributed by atoms with E-state index in [1.165, 1.54) is 16.7 Å². The van der Waals surface area contributed by atoms with Crippen molar-refractivity contribution in [2.75, 3.05) is 6.61 Å². The first kappa shape index (κ1) is 13.6. The van der Waals surface area contributed by atoms with Gasteiger partial charge in [-0.25, -0.2) is 0 Å². The van der Waals surface area contributed by atoms with Crippen LogP contribution >= 0.6 is 0 Å². The van der Waals surface area contributed by atoms with Crippen LogP contribution < -0.4 is 10.1 Å². The van der Waals surface area contributed by atoms with Gasteiger partial charge >= 0.3 is 0 Å². The molecule has 19 heavy (non-hydrogen) atoms. The molecule has 0 aliphatic heterocycles. The minimum absolute atomic E-state index is 0.708. The Hall–Kier alpha value is -1.80. The highest BCUT2D eigenvalue weighted by Crippen LogP contribution is 2.13. The van der Waals surface area contributed by atoms with Crippen LogP contribution in [0.3, 0.4) is 0 Å². The zero-order valence-corrected chi connectivity index (χ0v) is 11.6. The second-order valence-corrected chi connectivity index (χ2v) is 4.61. The van der Waals surface area contributed by atoms with E-state index < -0.39 is 0 Å². The molecule has 2 aromatic carbocycles. The zero-order chi connectivity index (χ0) is 13.5. The standard InChI is InChI=1S/C17H21NO/c1-3-19-17-10-6-8-15(11-17)12-18-13-16-9-5-4-7-14(16)2/h4-11,18H,3,12-13H2,1-2H3. The minimum Gasteiger partial charge on any atom is -0.494 e. The molecule has 2 nitrogen and oxygen atoms in total. The summed E-state index contributed by atoms with van der Waals surface area (Å²) in [6.07, 6.45) is 0. The lowest BCUT2D eigenvalue weighted by Gasteiger charge is -2.09. The van der Waals surface area contributed by atoms with E-state index in [-0.39, 0.29) is 0 Å². The van der Waals surface area contributed by atoms with Crippen LogP contribution in [0, 0.1) is 6.92 Å². The van der Waals surface area contributed by atoms with E-state index in [9.17, 15) is 0 Å². The summed E-state index contributed by atoms with van der Waals surface area (Å²) < 4.78 is 5.50. The highest BCUT2D eigenvalue weighted by atomic mass is 16.5. The van der Waals surface area contributed by atoms with Gasteiger partial charge in [0.15, 0.2) is 0 Å². The van der Waals surface area contributed by atoms with Crippen LogP contribution in [0.25, 0.3) is 0 Å². The van der Waals surface area contributed by atoms with Crippen LogP contribution in [0.15, 0.2) is 48.5 Å². The molecular weight excluding hydrogens is 234 g/mol. The first-order valence-corrected chi connectivity index (χ1v) is 6.76. The van der Waals surface area contributed by atoms with E-state index in [0.29, 0.717) is 6.61 Å². The Balaban J connectivity index is 1.89. The van der Waals surface area contributed by atoms with Gasteiger partial charge in [0, 0.05) is 13.1 Å². The summed E-state index contributed by atoms with van der Waals surface area (Å²) in [6, 6.07) is 16.7. The van der Waals surface area contributed by atoms with Crippen LogP contribution in [0.2, 0.25) is 0 Å². The average Bonchev–Trinajstić information content (AvgIpc) is 2.42. The molecule has 0 spiro atoms. The van der Waals surface area contributed by atoms with Crippen molar-refractivity contribution in [3.05, 3.63) is 65.2 Å². The van der Waals surface area contributed by atoms with Crippen LogP contribution in [0.4, 0.5) is 0 Å². The molecule has 2 aromatic rings. The van der Waals surface area contributed by atoms with Gasteiger partial charge in [-0.05, 0) is 42.7 Å². The second kappa shape index (κ2) is 6.95. The molecule has 0 heterocycles. The van der Waals surface area contributed by atoms with E-state index in [2.05, 4.69) is 48.6 Å². The number of ether oxygens (including phenoxy) is 1. The fourth-order valence-corrected chi connectivity index (χ4v) is 2.06. The van der Waals surface area contributed by atoms with Crippen molar-refractivity contribution in [2.24, 2.45) is 0 Å². The predicted molar refractivity (Wildman–Crippen MR) is 79.3 cm³/mol. The molecule has 0 saturated heterocycles. The second-order valence-electron chi connectivity index (χ2n) is 4.61. The summed E-state index contributed by atoms with van der Waals surface area (Å²) in [5.41, 5.74) is 3.93. The van der Waals surface area contributed by atoms with E-state index in [1.54, 1.807) is 0 Å². The molecular formula is C17H21NO. The summed E-state index contributed by atoms with van der Waals surface area (Å²) in [6.45, 7) is 6.61. The van der Waals surface area contributed by atoms with Crippen molar-refractivity contribution in [2.45, 2.75) is 26.9 Å². The van der Waals surface area contributed by atoms with Crippen LogP contribution in [-0.4, -0.2) is 6.61 Å². The molecule has 0 fully saturated rings. The largest absolute Gasteiger partial charge is 0.494 e. The van der Waals surface area contributed by atoms with Gasteiger partial charge in [-0.15, -0.1) is 0 Å². The third-order valence-electron chi connectivity index (χ3n) is 3.12. The van der Waals surface area contributed by atoms with Crippen molar-refractivity contribution in [3.8, 4) is 5.75 Å². The third kappa shape index (κ3) is 4.11. The Morgan fingerprint density at radius 3 is 2.63 bits per heavy atom. The number of rotatable bonds is 6. The number of aryl methyl sites for hydroxylation is 1. The molecule has 0 amide bonds. The van der Waals surface area contributed by atoms with Crippen molar-refractivity contribution in [1.82, 2.24) is 5.32 Å². The molecule has 0 aromatic heterocycles. The maximum atomic E-state index is 5.50. The maximum Gasteiger partial charge on any atom is 0.119 e. The fourth-order valence-electron chi connectivity index (χ4n) is 2.06. The Morgan fingerprint density at radius 2 is 1.84 bits per heavy atom. The average molecular weight is 255 g/mol. The Labute approximate surface area is 115 Å². The predicted octanol–water partition coefficient (Wildman–Crippen LogP) is 3.68. The van der Waals surface area contributed by atoms with E-state index in [0.717, 1.165) is 18.8 Å². The van der Waals surface area contributed by atoms with Gasteiger partial charge < -0.3 is 10.1 Å². The lowest BCUT2D eigenvalue weighted by Crippen LogP contribution is -2.13. The van der Waals surface area contributed by atoms with Gasteiger partial charge in [-0.2, -0.15) is 0 Å². The number of hydrogen-bond acceptors (Lipinski definition) is 2. The van der Waals surface area contributed by atoms with Crippen LogP contribution in [0.1, 0.15) is 23.6 Å². The minimum atomic E-state index is 0.708. The van der Waals surface area contributed by atoms with Gasteiger partial charge in [0.25, 0.3) is 0 Å². The number of hydrogen-bond donors (Lipinski definition) is 1. The quantitative estimate of drug-likeness (QED) is 0.850. The van der Waals surface area contributed by atoms with Crippen molar-refractivity contribution in [1.29, 1.82) is 0 Å². The zero-order valence-electron chi connectivity index (χ0n) is 11.6. The SMILES string of the molecule is CCOc1cccc(CNCc2ccccc2C)c1. The summed E-state index contributed by atoms with van der Waals surface area (Å²) >= 11 is 0. The highest BCUT2D eigenvalue weighted by molar-refractivity contribution is 5.29. The number of nitrogens with one attached hydrogen (secondary N) is 1. The summed E-state index contributed by atoms with van der Waals surface area (Å²) in [7, 11) is 0. The van der Waals surface area contributed by atoms with Gasteiger partial charge in [0.2, 0.25) is 0 Å². The topological polar surface area (TPSA) is 21.3 Å². The molecule has 100 valence electrons. The first-order valence-electron chi connectivity index (χ1n) is 6.76. The third-order valence-corrected chi connectivity index (χ3v) is 3.12. The summed E-state index contributed by atoms with van der Waals surface area (Å²) in [5, 5.41) is 3.47. The summed E-state index contributed by atoms with van der Waals surface area (Å²) in [5.74, 6) is 0.942. The summed E-state index contributed by atoms with van der Waals surface area (Å²) in [4.78, 5) is 0. The monoisotopic (exact) mass is 255 g/mol. The molecule has 2 rings (SSSR count). The lowest BCUT2D eigenvalue weighted by molar-refractivity contribution is 0.340. The highest BCUT2D eigenvalue weighted by Gasteiger charge is 1.98. The molecule has 2 heteroatoms. The Morgan fingerprint density at radius 1 is 1.00 bits per heavy atom. The molecule has 0 radical (unpaired) electrons. The van der Waals surface area contributed by atoms with Crippen molar-refractivity contribution < 1.29 is 4.74 Å². The van der Waals surface area contributed by atoms with Crippen LogP contribution in [-0.2, 0) is 13.1 Å². The van der Waals surface area contributed by atoms with Crippen LogP contribution in [0.5, 0.6) is 5.75 Å². The molecule has 1 N–H and O–H groups in total. The molecule has 0 aliphatic carbocycles. The van der Waals surface area contributed by atoms with Gasteiger partial charge in [0.1, 0.15) is 5.75 Å². The lowest BCUT2D eigenvalue weighted by atomic mass is 10.1. The smallest absolute Gasteiger partial charge is 0.119 e. The Kier molecular flexibility index (Phi) is 4.99. The molecule has 0 aliphatic rings. The molecule has 0 atom stereocenters. The Bertz CT molecular complexity index is 522. The van der Waals surface area contributed by atoms with E-state index in [4.69, 9.17) is 4.74 Å². The first-order chi connectivity index (χ1) is 9.29. The van der Waals surface area contributed by atoms with E-state index >= 15 is 0 Å².